The number of rotatable bonds is 4. The molecule has 4 atom stereocenters. The molecule has 1 aromatic carbocycles. The quantitative estimate of drug-likeness (QED) is 0.852. The number of ether oxygens (including phenoxy) is 1. The molecule has 0 radical (unpaired) electrons. The van der Waals surface area contributed by atoms with E-state index in [0.717, 1.165) is 48.1 Å². The van der Waals surface area contributed by atoms with Crippen LogP contribution >= 0.6 is 0 Å². The molecule has 0 saturated carbocycles. The van der Waals surface area contributed by atoms with Crippen LogP contribution in [0.4, 0.5) is 0 Å². The first kappa shape index (κ1) is 17.1. The molecule has 1 saturated heterocycles. The molecule has 5 heteroatoms. The fraction of sp³-hybridized carbons (Fsp3) is 0.524. The largest absolute Gasteiger partial charge is 0.469 e. The van der Waals surface area contributed by atoms with Crippen LogP contribution in [0.2, 0.25) is 0 Å². The Morgan fingerprint density at radius 3 is 2.96 bits per heavy atom. The molecule has 0 amide bonds. The van der Waals surface area contributed by atoms with E-state index in [-0.39, 0.29) is 17.9 Å². The number of nitrogens with one attached hydrogen (secondary N) is 1. The third kappa shape index (κ3) is 2.52. The summed E-state index contributed by atoms with van der Waals surface area (Å²) in [6.45, 7) is 3.92. The standard InChI is InChI=1S/C21H25N3O2/c1-3-13-12-24(10-6-9-22)17-11-15(13)19(21(25)26-2)18-14-7-4-5-8-16(14)23-20(17)18/h4-5,7-8,13,15,17,19,23H,3,6,10-12H2,1-2H3/t13-,15+,17+,19+/m1/s1. The van der Waals surface area contributed by atoms with Gasteiger partial charge in [0.1, 0.15) is 0 Å². The lowest BCUT2D eigenvalue weighted by Crippen LogP contribution is -2.49. The number of aromatic amines is 1. The summed E-state index contributed by atoms with van der Waals surface area (Å²) in [5.41, 5.74) is 3.34. The van der Waals surface area contributed by atoms with Gasteiger partial charge in [0, 0.05) is 36.1 Å². The Bertz CT molecular complexity index is 866. The second kappa shape index (κ2) is 6.77. The Labute approximate surface area is 153 Å². The summed E-state index contributed by atoms with van der Waals surface area (Å²) >= 11 is 0. The Balaban J connectivity index is 1.89. The van der Waals surface area contributed by atoms with Crippen LogP contribution in [0, 0.1) is 23.2 Å². The van der Waals surface area contributed by atoms with Gasteiger partial charge in [0.15, 0.2) is 0 Å². The maximum atomic E-state index is 12.8. The summed E-state index contributed by atoms with van der Waals surface area (Å²) in [7, 11) is 1.49. The third-order valence-electron chi connectivity index (χ3n) is 6.35. The number of hydrogen-bond acceptors (Lipinski definition) is 4. The molecule has 4 rings (SSSR count). The van der Waals surface area contributed by atoms with Crippen molar-refractivity contribution in [3.63, 3.8) is 0 Å². The van der Waals surface area contributed by atoms with E-state index in [1.165, 1.54) is 7.11 Å². The minimum Gasteiger partial charge on any atom is -0.469 e. The van der Waals surface area contributed by atoms with E-state index in [0.29, 0.717) is 18.3 Å². The molecule has 1 aliphatic heterocycles. The Morgan fingerprint density at radius 1 is 1.42 bits per heavy atom. The number of fused-ring (bicyclic) bond motifs is 6. The highest BCUT2D eigenvalue weighted by atomic mass is 16.5. The Hall–Kier alpha value is -2.32. The SMILES string of the molecule is CC[C@@H]1CN(CCC#N)[C@H]2C[C@@H]1[C@H](C(=O)OC)c1c2[nH]c2ccccc12. The van der Waals surface area contributed by atoms with Crippen LogP contribution in [-0.2, 0) is 9.53 Å². The van der Waals surface area contributed by atoms with Gasteiger partial charge in [0.2, 0.25) is 0 Å². The fourth-order valence-corrected chi connectivity index (χ4v) is 5.16. The van der Waals surface area contributed by atoms with E-state index in [9.17, 15) is 4.79 Å². The molecule has 2 bridgehead atoms. The van der Waals surface area contributed by atoms with Crippen LogP contribution in [0.3, 0.4) is 0 Å². The summed E-state index contributed by atoms with van der Waals surface area (Å²) in [5.74, 6) is 0.409. The van der Waals surface area contributed by atoms with Gasteiger partial charge in [-0.3, -0.25) is 9.69 Å². The van der Waals surface area contributed by atoms with E-state index >= 15 is 0 Å². The van der Waals surface area contributed by atoms with E-state index < -0.39 is 0 Å². The van der Waals surface area contributed by atoms with E-state index in [2.05, 4.69) is 35.0 Å². The van der Waals surface area contributed by atoms with Crippen molar-refractivity contribution in [1.29, 1.82) is 5.26 Å². The number of hydrogen-bond donors (Lipinski definition) is 1. The van der Waals surface area contributed by atoms with Crippen molar-refractivity contribution in [2.45, 2.75) is 38.1 Å². The topological polar surface area (TPSA) is 69.1 Å². The van der Waals surface area contributed by atoms with Gasteiger partial charge in [0.05, 0.1) is 25.1 Å². The zero-order valence-electron chi connectivity index (χ0n) is 15.4. The summed E-state index contributed by atoms with van der Waals surface area (Å²) < 4.78 is 5.23. The van der Waals surface area contributed by atoms with Crippen molar-refractivity contribution in [3.8, 4) is 6.07 Å². The molecule has 1 aliphatic carbocycles. The summed E-state index contributed by atoms with van der Waals surface area (Å²) in [6, 6.07) is 10.8. The minimum atomic E-state index is -0.203. The molecule has 26 heavy (non-hydrogen) atoms. The zero-order chi connectivity index (χ0) is 18.3. The van der Waals surface area contributed by atoms with E-state index in [1.54, 1.807) is 0 Å². The van der Waals surface area contributed by atoms with Crippen molar-refractivity contribution in [3.05, 3.63) is 35.5 Å². The number of methoxy groups -OCH3 is 1. The van der Waals surface area contributed by atoms with Gasteiger partial charge in [-0.1, -0.05) is 31.5 Å². The lowest BCUT2D eigenvalue weighted by molar-refractivity contribution is -0.146. The number of nitrogens with zero attached hydrogens (tertiary/aromatic N) is 2. The number of carbonyl (C=O) groups is 1. The molecule has 1 N–H and O–H groups in total. The van der Waals surface area contributed by atoms with Crippen LogP contribution in [0.1, 0.15) is 49.4 Å². The summed E-state index contributed by atoms with van der Waals surface area (Å²) in [5, 5.41) is 10.2. The van der Waals surface area contributed by atoms with Crippen LogP contribution in [-0.4, -0.2) is 36.1 Å². The average molecular weight is 351 g/mol. The van der Waals surface area contributed by atoms with Crippen LogP contribution < -0.4 is 0 Å². The normalized spacial score (nSPS) is 27.7. The zero-order valence-corrected chi connectivity index (χ0v) is 15.4. The molecule has 136 valence electrons. The second-order valence-electron chi connectivity index (χ2n) is 7.49. The van der Waals surface area contributed by atoms with Crippen LogP contribution in [0.15, 0.2) is 24.3 Å². The first-order valence-electron chi connectivity index (χ1n) is 9.48. The predicted octanol–water partition coefficient (Wildman–Crippen LogP) is 3.74. The maximum Gasteiger partial charge on any atom is 0.313 e. The number of benzene rings is 1. The molecule has 2 aromatic rings. The number of esters is 1. The molecule has 5 nitrogen and oxygen atoms in total. The smallest absolute Gasteiger partial charge is 0.313 e. The highest BCUT2D eigenvalue weighted by Crippen LogP contribution is 2.53. The molecule has 1 aromatic heterocycles. The number of aromatic nitrogens is 1. The molecular weight excluding hydrogens is 326 g/mol. The molecule has 2 aliphatic rings. The fourth-order valence-electron chi connectivity index (χ4n) is 5.16. The number of carbonyl (C=O) groups excluding carboxylic acids is 1. The Morgan fingerprint density at radius 2 is 2.23 bits per heavy atom. The number of piperidine rings is 1. The first-order chi connectivity index (χ1) is 12.7. The minimum absolute atomic E-state index is 0.122. The van der Waals surface area contributed by atoms with Gasteiger partial charge in [-0.2, -0.15) is 5.26 Å². The van der Waals surface area contributed by atoms with Crippen LogP contribution in [0.25, 0.3) is 10.9 Å². The van der Waals surface area contributed by atoms with Crippen molar-refractivity contribution >= 4 is 16.9 Å². The van der Waals surface area contributed by atoms with Crippen molar-refractivity contribution in [2.24, 2.45) is 11.8 Å². The van der Waals surface area contributed by atoms with Gasteiger partial charge in [0.25, 0.3) is 0 Å². The van der Waals surface area contributed by atoms with E-state index in [1.807, 2.05) is 12.1 Å². The number of H-pyrrole nitrogens is 1. The second-order valence-corrected chi connectivity index (χ2v) is 7.49. The van der Waals surface area contributed by atoms with E-state index in [4.69, 9.17) is 10.00 Å². The lowest BCUT2D eigenvalue weighted by Gasteiger charge is -2.49. The highest BCUT2D eigenvalue weighted by Gasteiger charge is 2.49. The van der Waals surface area contributed by atoms with Gasteiger partial charge >= 0.3 is 5.97 Å². The Kier molecular flexibility index (Phi) is 4.46. The van der Waals surface area contributed by atoms with Crippen LogP contribution in [0.5, 0.6) is 0 Å². The summed E-state index contributed by atoms with van der Waals surface area (Å²) in [6.07, 6.45) is 2.52. The van der Waals surface area contributed by atoms with Crippen molar-refractivity contribution in [2.75, 3.05) is 20.2 Å². The third-order valence-corrected chi connectivity index (χ3v) is 6.35. The molecular formula is C21H25N3O2. The number of likely N-dealkylation sites (tertiary alicyclic amines) is 1. The summed E-state index contributed by atoms with van der Waals surface area (Å²) in [4.78, 5) is 18.8. The maximum absolute atomic E-state index is 12.8. The van der Waals surface area contributed by atoms with Crippen molar-refractivity contribution < 1.29 is 9.53 Å². The molecule has 0 unspecified atom stereocenters. The predicted molar refractivity (Wildman–Crippen MR) is 99.5 cm³/mol. The molecule has 0 spiro atoms. The van der Waals surface area contributed by atoms with Gasteiger partial charge in [-0.25, -0.2) is 0 Å². The monoisotopic (exact) mass is 351 g/mol. The molecule has 2 heterocycles. The number of para-hydroxylation sites is 1. The lowest BCUT2D eigenvalue weighted by atomic mass is 9.65. The first-order valence-corrected chi connectivity index (χ1v) is 9.48. The van der Waals surface area contributed by atoms with Gasteiger partial charge in [-0.05, 0) is 29.9 Å². The van der Waals surface area contributed by atoms with Crippen molar-refractivity contribution in [1.82, 2.24) is 9.88 Å². The highest BCUT2D eigenvalue weighted by molar-refractivity contribution is 5.92. The van der Waals surface area contributed by atoms with Gasteiger partial charge in [-0.15, -0.1) is 0 Å². The molecule has 1 fully saturated rings. The average Bonchev–Trinajstić information content (AvgIpc) is 3.06. The number of nitriles is 1. The van der Waals surface area contributed by atoms with Gasteiger partial charge < -0.3 is 9.72 Å².